The summed E-state index contributed by atoms with van der Waals surface area (Å²) in [5, 5.41) is 11.4. The highest BCUT2D eigenvalue weighted by Crippen LogP contribution is 2.27. The fourth-order valence-corrected chi connectivity index (χ4v) is 2.64. The van der Waals surface area contributed by atoms with Crippen molar-refractivity contribution in [2.45, 2.75) is 18.9 Å². The highest BCUT2D eigenvalue weighted by Gasteiger charge is 2.23. The lowest BCUT2D eigenvalue weighted by Gasteiger charge is -2.08. The van der Waals surface area contributed by atoms with Crippen molar-refractivity contribution < 1.29 is 14.2 Å². The first-order valence-electron chi connectivity index (χ1n) is 7.28. The molecule has 0 saturated carbocycles. The van der Waals surface area contributed by atoms with Crippen LogP contribution in [0.25, 0.3) is 0 Å². The van der Waals surface area contributed by atoms with Crippen molar-refractivity contribution in [3.05, 3.63) is 34.4 Å². The maximum Gasteiger partial charge on any atom is 0.216 e. The van der Waals surface area contributed by atoms with Gasteiger partial charge in [0.25, 0.3) is 0 Å². The molecular formula is C15H18N4O3S. The normalized spacial score (nSPS) is 17.7. The zero-order valence-electron chi connectivity index (χ0n) is 13.0. The van der Waals surface area contributed by atoms with Crippen LogP contribution in [0, 0.1) is 4.77 Å². The largest absolute Gasteiger partial charge is 0.497 e. The van der Waals surface area contributed by atoms with E-state index in [1.165, 1.54) is 0 Å². The minimum Gasteiger partial charge on any atom is -0.497 e. The summed E-state index contributed by atoms with van der Waals surface area (Å²) in [6.07, 6.45) is 3.54. The number of methoxy groups -OCH3 is 2. The van der Waals surface area contributed by atoms with E-state index in [4.69, 9.17) is 26.4 Å². The van der Waals surface area contributed by atoms with Gasteiger partial charge in [-0.1, -0.05) is 0 Å². The highest BCUT2D eigenvalue weighted by atomic mass is 32.1. The quantitative estimate of drug-likeness (QED) is 0.672. The standard InChI is InChI=1S/C15H18N4O3S/c1-20-11-6-5-10(13(8-11)21-2)9-16-19-14(17-18-15(19)23)12-4-3-7-22-12/h5-6,8-9,12H,3-4,7H2,1-2H3,(H,18,23)/b16-9-/t12-/m0/s1. The number of nitrogens with zero attached hydrogens (tertiary/aromatic N) is 3. The number of ether oxygens (including phenoxy) is 3. The third-order valence-corrected chi connectivity index (χ3v) is 3.91. The smallest absolute Gasteiger partial charge is 0.216 e. The van der Waals surface area contributed by atoms with Crippen molar-refractivity contribution in [2.75, 3.05) is 20.8 Å². The molecule has 23 heavy (non-hydrogen) atoms. The average molecular weight is 334 g/mol. The number of rotatable bonds is 5. The molecule has 7 nitrogen and oxygen atoms in total. The fraction of sp³-hybridized carbons (Fsp3) is 0.400. The molecule has 8 heteroatoms. The molecule has 1 atom stereocenters. The lowest BCUT2D eigenvalue weighted by molar-refractivity contribution is 0.102. The fourth-order valence-electron chi connectivity index (χ4n) is 2.45. The van der Waals surface area contributed by atoms with Gasteiger partial charge in [-0.05, 0) is 37.2 Å². The summed E-state index contributed by atoms with van der Waals surface area (Å²) in [6, 6.07) is 5.52. The van der Waals surface area contributed by atoms with Crippen molar-refractivity contribution >= 4 is 18.4 Å². The molecule has 0 spiro atoms. The first kappa shape index (κ1) is 15.7. The third-order valence-electron chi connectivity index (χ3n) is 3.65. The molecule has 1 aliphatic heterocycles. The monoisotopic (exact) mass is 334 g/mol. The SMILES string of the molecule is COc1ccc(/C=N\n2c([C@@H]3CCCO3)n[nH]c2=S)c(OC)c1. The molecule has 1 N–H and O–H groups in total. The predicted molar refractivity (Wildman–Crippen MR) is 87.9 cm³/mol. The van der Waals surface area contributed by atoms with E-state index in [0.29, 0.717) is 16.3 Å². The summed E-state index contributed by atoms with van der Waals surface area (Å²) in [7, 11) is 3.22. The van der Waals surface area contributed by atoms with Gasteiger partial charge in [-0.15, -0.1) is 0 Å². The van der Waals surface area contributed by atoms with Gasteiger partial charge in [-0.2, -0.15) is 14.9 Å². The molecule has 1 fully saturated rings. The van der Waals surface area contributed by atoms with Gasteiger partial charge in [0, 0.05) is 18.2 Å². The van der Waals surface area contributed by atoms with Crippen LogP contribution in [0.2, 0.25) is 0 Å². The molecule has 0 bridgehead atoms. The van der Waals surface area contributed by atoms with Crippen molar-refractivity contribution in [1.29, 1.82) is 0 Å². The van der Waals surface area contributed by atoms with Gasteiger partial charge < -0.3 is 14.2 Å². The summed E-state index contributed by atoms with van der Waals surface area (Å²) < 4.78 is 18.2. The number of nitrogens with one attached hydrogen (secondary N) is 1. The van der Waals surface area contributed by atoms with Gasteiger partial charge in [0.1, 0.15) is 17.6 Å². The molecular weight excluding hydrogens is 316 g/mol. The van der Waals surface area contributed by atoms with Gasteiger partial charge >= 0.3 is 0 Å². The van der Waals surface area contributed by atoms with E-state index >= 15 is 0 Å². The van der Waals surface area contributed by atoms with Crippen LogP contribution < -0.4 is 9.47 Å². The van der Waals surface area contributed by atoms with E-state index in [1.807, 2.05) is 12.1 Å². The molecule has 2 aromatic rings. The second-order valence-corrected chi connectivity index (χ2v) is 5.44. The van der Waals surface area contributed by atoms with E-state index in [-0.39, 0.29) is 6.10 Å². The summed E-state index contributed by atoms with van der Waals surface area (Å²) in [6.45, 7) is 0.736. The number of H-pyrrole nitrogens is 1. The number of aromatic amines is 1. The first-order chi connectivity index (χ1) is 11.2. The Balaban J connectivity index is 1.91. The Bertz CT molecular complexity index is 762. The van der Waals surface area contributed by atoms with E-state index in [2.05, 4.69) is 15.3 Å². The molecule has 1 aromatic carbocycles. The van der Waals surface area contributed by atoms with E-state index in [0.717, 1.165) is 30.8 Å². The molecule has 1 aliphatic rings. The number of aromatic nitrogens is 3. The molecule has 1 aromatic heterocycles. The van der Waals surface area contributed by atoms with Crippen LogP contribution in [0.3, 0.4) is 0 Å². The van der Waals surface area contributed by atoms with Crippen LogP contribution in [0.4, 0.5) is 0 Å². The maximum absolute atomic E-state index is 5.66. The maximum atomic E-state index is 5.66. The van der Waals surface area contributed by atoms with Gasteiger partial charge in [0.2, 0.25) is 4.77 Å². The third kappa shape index (κ3) is 3.27. The van der Waals surface area contributed by atoms with E-state index in [1.54, 1.807) is 31.2 Å². The Labute approximate surface area is 138 Å². The Morgan fingerprint density at radius 1 is 1.43 bits per heavy atom. The molecule has 0 aliphatic carbocycles. The molecule has 122 valence electrons. The minimum atomic E-state index is -0.0714. The molecule has 0 amide bonds. The predicted octanol–water partition coefficient (Wildman–Crippen LogP) is 2.69. The molecule has 0 radical (unpaired) electrons. The Hall–Kier alpha value is -2.19. The average Bonchev–Trinajstić information content (AvgIpc) is 3.22. The molecule has 2 heterocycles. The first-order valence-corrected chi connectivity index (χ1v) is 7.69. The summed E-state index contributed by atoms with van der Waals surface area (Å²) in [4.78, 5) is 0. The molecule has 0 unspecified atom stereocenters. The Morgan fingerprint density at radius 3 is 3.00 bits per heavy atom. The lowest BCUT2D eigenvalue weighted by Crippen LogP contribution is -2.05. The highest BCUT2D eigenvalue weighted by molar-refractivity contribution is 7.71. The Morgan fingerprint density at radius 2 is 2.30 bits per heavy atom. The zero-order chi connectivity index (χ0) is 16.2. The van der Waals surface area contributed by atoms with Crippen molar-refractivity contribution in [3.8, 4) is 11.5 Å². The summed E-state index contributed by atoms with van der Waals surface area (Å²) in [5.74, 6) is 2.08. The Kier molecular flexibility index (Phi) is 4.73. The van der Waals surface area contributed by atoms with Crippen molar-refractivity contribution in [2.24, 2.45) is 5.10 Å². The lowest BCUT2D eigenvalue weighted by atomic mass is 10.2. The van der Waals surface area contributed by atoms with Gasteiger partial charge in [0.05, 0.1) is 20.4 Å². The van der Waals surface area contributed by atoms with Gasteiger partial charge in [-0.25, -0.2) is 0 Å². The summed E-state index contributed by atoms with van der Waals surface area (Å²) >= 11 is 5.25. The van der Waals surface area contributed by atoms with Crippen LogP contribution in [0.1, 0.15) is 30.3 Å². The second-order valence-electron chi connectivity index (χ2n) is 5.05. The van der Waals surface area contributed by atoms with Crippen LogP contribution in [0.5, 0.6) is 11.5 Å². The second kappa shape index (κ2) is 6.93. The van der Waals surface area contributed by atoms with Crippen LogP contribution >= 0.6 is 12.2 Å². The van der Waals surface area contributed by atoms with Gasteiger partial charge in [-0.3, -0.25) is 5.10 Å². The topological polar surface area (TPSA) is 73.7 Å². The molecule has 3 rings (SSSR count). The van der Waals surface area contributed by atoms with Crippen LogP contribution in [0.15, 0.2) is 23.3 Å². The molecule has 1 saturated heterocycles. The van der Waals surface area contributed by atoms with Crippen LogP contribution in [-0.2, 0) is 4.74 Å². The van der Waals surface area contributed by atoms with Crippen LogP contribution in [-0.4, -0.2) is 41.9 Å². The minimum absolute atomic E-state index is 0.0714. The number of benzene rings is 1. The van der Waals surface area contributed by atoms with Crippen molar-refractivity contribution in [3.63, 3.8) is 0 Å². The van der Waals surface area contributed by atoms with Gasteiger partial charge in [0.15, 0.2) is 5.82 Å². The number of hydrogen-bond acceptors (Lipinski definition) is 6. The van der Waals surface area contributed by atoms with Crippen molar-refractivity contribution in [1.82, 2.24) is 14.9 Å². The summed E-state index contributed by atoms with van der Waals surface area (Å²) in [5.41, 5.74) is 0.815. The van der Waals surface area contributed by atoms with E-state index < -0.39 is 0 Å². The number of hydrogen-bond donors (Lipinski definition) is 1. The van der Waals surface area contributed by atoms with E-state index in [9.17, 15) is 0 Å². The zero-order valence-corrected chi connectivity index (χ0v) is 13.8.